The minimum atomic E-state index is -0.403. The third-order valence-corrected chi connectivity index (χ3v) is 5.47. The maximum absolute atomic E-state index is 6.02. The Hall–Kier alpha value is -0.940. The smallest absolute Gasteiger partial charge is 0.176 e. The number of rotatable bonds is 0. The SMILES string of the molecule is c1cc2c(c3c1CC1(C3)OCCCO1)CC1(C2)OCCCO1. The topological polar surface area (TPSA) is 36.9 Å². The first-order chi connectivity index (χ1) is 10.8. The highest BCUT2D eigenvalue weighted by atomic mass is 16.7. The Kier molecular flexibility index (Phi) is 2.93. The van der Waals surface area contributed by atoms with Gasteiger partial charge in [-0.2, -0.15) is 0 Å². The van der Waals surface area contributed by atoms with E-state index < -0.39 is 11.6 Å². The van der Waals surface area contributed by atoms with Gasteiger partial charge in [0, 0.05) is 25.7 Å². The van der Waals surface area contributed by atoms with E-state index >= 15 is 0 Å². The van der Waals surface area contributed by atoms with Crippen LogP contribution in [0.5, 0.6) is 0 Å². The molecule has 4 nitrogen and oxygen atoms in total. The molecule has 2 fully saturated rings. The number of benzene rings is 1. The van der Waals surface area contributed by atoms with E-state index in [0.29, 0.717) is 0 Å². The molecule has 2 heterocycles. The summed E-state index contributed by atoms with van der Waals surface area (Å²) >= 11 is 0. The largest absolute Gasteiger partial charge is 0.349 e. The van der Waals surface area contributed by atoms with Crippen LogP contribution in [0.3, 0.4) is 0 Å². The number of fused-ring (bicyclic) bond motifs is 3. The van der Waals surface area contributed by atoms with Crippen LogP contribution in [0.4, 0.5) is 0 Å². The van der Waals surface area contributed by atoms with Crippen molar-refractivity contribution in [3.8, 4) is 0 Å². The number of hydrogen-bond acceptors (Lipinski definition) is 4. The zero-order valence-corrected chi connectivity index (χ0v) is 12.9. The summed E-state index contributed by atoms with van der Waals surface area (Å²) in [5.74, 6) is -0.806. The summed E-state index contributed by atoms with van der Waals surface area (Å²) < 4.78 is 24.1. The molecular formula is C18H22O4. The van der Waals surface area contributed by atoms with Gasteiger partial charge in [-0.15, -0.1) is 0 Å². The quantitative estimate of drug-likeness (QED) is 0.736. The van der Waals surface area contributed by atoms with Gasteiger partial charge >= 0.3 is 0 Å². The average molecular weight is 302 g/mol. The minimum absolute atomic E-state index is 0.403. The molecule has 4 aliphatic rings. The molecule has 2 saturated heterocycles. The lowest BCUT2D eigenvalue weighted by molar-refractivity contribution is -0.262. The fourth-order valence-corrected chi connectivity index (χ4v) is 4.45. The lowest BCUT2D eigenvalue weighted by Crippen LogP contribution is -2.42. The van der Waals surface area contributed by atoms with E-state index in [1.807, 2.05) is 0 Å². The Morgan fingerprint density at radius 2 is 1.00 bits per heavy atom. The molecule has 2 spiro atoms. The van der Waals surface area contributed by atoms with E-state index in [-0.39, 0.29) is 0 Å². The standard InChI is InChI=1S/C18H22O4/c1-5-19-17(20-6-1)9-13-3-4-14-10-18(21-7-2-8-22-18)12-16(14)15(13)11-17/h3-4H,1-2,5-12H2. The summed E-state index contributed by atoms with van der Waals surface area (Å²) in [6.07, 6.45) is 5.51. The summed E-state index contributed by atoms with van der Waals surface area (Å²) in [5.41, 5.74) is 5.62. The van der Waals surface area contributed by atoms with Crippen molar-refractivity contribution in [1.82, 2.24) is 0 Å². The molecule has 0 radical (unpaired) electrons. The van der Waals surface area contributed by atoms with Crippen molar-refractivity contribution in [2.75, 3.05) is 26.4 Å². The molecule has 5 rings (SSSR count). The summed E-state index contributed by atoms with van der Waals surface area (Å²) in [5, 5.41) is 0. The zero-order chi connectivity index (χ0) is 14.6. The van der Waals surface area contributed by atoms with Crippen LogP contribution in [0.1, 0.15) is 35.1 Å². The molecule has 22 heavy (non-hydrogen) atoms. The second kappa shape index (κ2) is 4.78. The molecule has 0 bridgehead atoms. The van der Waals surface area contributed by atoms with Crippen LogP contribution < -0.4 is 0 Å². The Balaban J connectivity index is 1.48. The summed E-state index contributed by atoms with van der Waals surface area (Å²) in [7, 11) is 0. The second-order valence-corrected chi connectivity index (χ2v) is 6.97. The van der Waals surface area contributed by atoms with Crippen molar-refractivity contribution in [3.63, 3.8) is 0 Å². The molecule has 118 valence electrons. The zero-order valence-electron chi connectivity index (χ0n) is 12.9. The molecule has 2 aliphatic carbocycles. The molecule has 4 heteroatoms. The normalized spacial score (nSPS) is 28.0. The van der Waals surface area contributed by atoms with Crippen LogP contribution >= 0.6 is 0 Å². The van der Waals surface area contributed by atoms with Gasteiger partial charge in [0.05, 0.1) is 26.4 Å². The van der Waals surface area contributed by atoms with Crippen molar-refractivity contribution < 1.29 is 18.9 Å². The van der Waals surface area contributed by atoms with E-state index in [1.165, 1.54) is 22.3 Å². The van der Waals surface area contributed by atoms with Crippen LogP contribution in [-0.4, -0.2) is 38.0 Å². The molecule has 0 amide bonds. The molecule has 0 saturated carbocycles. The van der Waals surface area contributed by atoms with E-state index in [0.717, 1.165) is 65.0 Å². The van der Waals surface area contributed by atoms with Gasteiger partial charge < -0.3 is 18.9 Å². The van der Waals surface area contributed by atoms with Gasteiger partial charge in [-0.1, -0.05) is 12.1 Å². The first kappa shape index (κ1) is 13.5. The van der Waals surface area contributed by atoms with Crippen LogP contribution in [0.25, 0.3) is 0 Å². The van der Waals surface area contributed by atoms with Crippen LogP contribution in [0, 0.1) is 0 Å². The Bertz CT molecular complexity index is 544. The molecule has 2 aliphatic heterocycles. The highest BCUT2D eigenvalue weighted by molar-refractivity contribution is 5.49. The maximum Gasteiger partial charge on any atom is 0.176 e. The van der Waals surface area contributed by atoms with Gasteiger partial charge in [-0.3, -0.25) is 0 Å². The third-order valence-electron chi connectivity index (χ3n) is 5.47. The predicted octanol–water partition coefficient (Wildman–Crippen LogP) is 2.15. The predicted molar refractivity (Wildman–Crippen MR) is 79.8 cm³/mol. The molecule has 1 aromatic rings. The lowest BCUT2D eigenvalue weighted by Gasteiger charge is -2.34. The van der Waals surface area contributed by atoms with Gasteiger partial charge in [-0.25, -0.2) is 0 Å². The third kappa shape index (κ3) is 1.98. The Morgan fingerprint density at radius 3 is 1.41 bits per heavy atom. The van der Waals surface area contributed by atoms with E-state index in [4.69, 9.17) is 18.9 Å². The molecule has 1 aromatic carbocycles. The Morgan fingerprint density at radius 1 is 0.591 bits per heavy atom. The van der Waals surface area contributed by atoms with Crippen molar-refractivity contribution in [1.29, 1.82) is 0 Å². The van der Waals surface area contributed by atoms with Crippen molar-refractivity contribution in [2.24, 2.45) is 0 Å². The highest BCUT2D eigenvalue weighted by Gasteiger charge is 2.47. The summed E-state index contributed by atoms with van der Waals surface area (Å²) in [6, 6.07) is 4.51. The minimum Gasteiger partial charge on any atom is -0.349 e. The molecule has 0 aromatic heterocycles. The summed E-state index contributed by atoms with van der Waals surface area (Å²) in [4.78, 5) is 0. The highest BCUT2D eigenvalue weighted by Crippen LogP contribution is 2.44. The Labute approximate surface area is 130 Å². The molecule has 0 unspecified atom stereocenters. The molecule has 0 atom stereocenters. The average Bonchev–Trinajstić information content (AvgIpc) is 3.07. The van der Waals surface area contributed by atoms with Crippen molar-refractivity contribution in [2.45, 2.75) is 50.1 Å². The van der Waals surface area contributed by atoms with E-state index in [2.05, 4.69) is 12.1 Å². The van der Waals surface area contributed by atoms with Crippen LogP contribution in [0.2, 0.25) is 0 Å². The maximum atomic E-state index is 6.02. The van der Waals surface area contributed by atoms with Gasteiger partial charge in [0.15, 0.2) is 11.6 Å². The fourth-order valence-electron chi connectivity index (χ4n) is 4.45. The van der Waals surface area contributed by atoms with Crippen LogP contribution in [0.15, 0.2) is 12.1 Å². The van der Waals surface area contributed by atoms with Crippen LogP contribution in [-0.2, 0) is 44.6 Å². The van der Waals surface area contributed by atoms with Gasteiger partial charge in [-0.05, 0) is 35.1 Å². The number of ether oxygens (including phenoxy) is 4. The first-order valence-corrected chi connectivity index (χ1v) is 8.46. The van der Waals surface area contributed by atoms with Gasteiger partial charge in [0.25, 0.3) is 0 Å². The number of hydrogen-bond donors (Lipinski definition) is 0. The van der Waals surface area contributed by atoms with Gasteiger partial charge in [0.1, 0.15) is 0 Å². The molecule has 0 N–H and O–H groups in total. The fraction of sp³-hybridized carbons (Fsp3) is 0.667. The molecular weight excluding hydrogens is 280 g/mol. The summed E-state index contributed by atoms with van der Waals surface area (Å²) in [6.45, 7) is 3.25. The lowest BCUT2D eigenvalue weighted by atomic mass is 9.99. The van der Waals surface area contributed by atoms with E-state index in [9.17, 15) is 0 Å². The first-order valence-electron chi connectivity index (χ1n) is 8.46. The van der Waals surface area contributed by atoms with Crippen molar-refractivity contribution in [3.05, 3.63) is 34.4 Å². The second-order valence-electron chi connectivity index (χ2n) is 6.97. The van der Waals surface area contributed by atoms with E-state index in [1.54, 1.807) is 0 Å². The van der Waals surface area contributed by atoms with Gasteiger partial charge in [0.2, 0.25) is 0 Å². The van der Waals surface area contributed by atoms with Crippen molar-refractivity contribution >= 4 is 0 Å². The monoisotopic (exact) mass is 302 g/mol.